The number of aromatic nitrogens is 1. The number of ether oxygens (including phenoxy) is 2. The van der Waals surface area contributed by atoms with Gasteiger partial charge in [-0.2, -0.15) is 0 Å². The summed E-state index contributed by atoms with van der Waals surface area (Å²) in [5.74, 6) is 0. The van der Waals surface area contributed by atoms with Gasteiger partial charge in [-0.15, -0.1) is 0 Å². The molecule has 0 aliphatic carbocycles. The summed E-state index contributed by atoms with van der Waals surface area (Å²) in [6.07, 6.45) is 4.87. The molecule has 0 aliphatic heterocycles. The van der Waals surface area contributed by atoms with Crippen LogP contribution in [0.2, 0.25) is 0 Å². The van der Waals surface area contributed by atoms with E-state index in [2.05, 4.69) is 22.5 Å². The van der Waals surface area contributed by atoms with Crippen LogP contribution >= 0.6 is 0 Å². The minimum atomic E-state index is 0.0506. The molecular formula is C14H25N3O2. The van der Waals surface area contributed by atoms with Gasteiger partial charge in [-0.3, -0.25) is 4.98 Å². The molecule has 1 heterocycles. The van der Waals surface area contributed by atoms with Crippen LogP contribution in [0.4, 0.5) is 5.69 Å². The Labute approximate surface area is 115 Å². The molecule has 0 spiro atoms. The first-order valence-corrected chi connectivity index (χ1v) is 6.71. The number of nitrogens with one attached hydrogen (secondary N) is 2. The van der Waals surface area contributed by atoms with Crippen molar-refractivity contribution in [1.29, 1.82) is 0 Å². The van der Waals surface area contributed by atoms with E-state index in [0.717, 1.165) is 31.7 Å². The molecule has 0 bridgehead atoms. The smallest absolute Gasteiger partial charge is 0.0976 e. The van der Waals surface area contributed by atoms with Crippen LogP contribution in [-0.4, -0.2) is 45.0 Å². The minimum absolute atomic E-state index is 0.0506. The topological polar surface area (TPSA) is 55.4 Å². The Balaban J connectivity index is 2.51. The zero-order valence-corrected chi connectivity index (χ0v) is 12.1. The second kappa shape index (κ2) is 9.72. The van der Waals surface area contributed by atoms with E-state index in [-0.39, 0.29) is 6.10 Å². The molecule has 1 rings (SSSR count). The van der Waals surface area contributed by atoms with Crippen LogP contribution in [0.3, 0.4) is 0 Å². The van der Waals surface area contributed by atoms with Crippen molar-refractivity contribution in [2.75, 3.05) is 39.2 Å². The Morgan fingerprint density at radius 1 is 1.37 bits per heavy atom. The summed E-state index contributed by atoms with van der Waals surface area (Å²) in [6, 6.07) is 1.99. The molecule has 0 radical (unpaired) electrons. The summed E-state index contributed by atoms with van der Waals surface area (Å²) in [6.45, 7) is 5.29. The molecule has 5 nitrogen and oxygen atoms in total. The first-order valence-electron chi connectivity index (χ1n) is 6.71. The molecular weight excluding hydrogens is 242 g/mol. The lowest BCUT2D eigenvalue weighted by molar-refractivity contribution is 0.0365. The van der Waals surface area contributed by atoms with Gasteiger partial charge in [-0.05, 0) is 19.0 Å². The SMILES string of the molecule is CCCNCc1cnccc1NCC(COC)OC. The molecule has 108 valence electrons. The number of rotatable bonds is 10. The lowest BCUT2D eigenvalue weighted by atomic mass is 10.2. The Morgan fingerprint density at radius 2 is 2.21 bits per heavy atom. The van der Waals surface area contributed by atoms with Gasteiger partial charge in [0.1, 0.15) is 0 Å². The third-order valence-corrected chi connectivity index (χ3v) is 2.85. The maximum absolute atomic E-state index is 5.33. The average molecular weight is 267 g/mol. The molecule has 5 heteroatoms. The van der Waals surface area contributed by atoms with Gasteiger partial charge in [0.15, 0.2) is 0 Å². The minimum Gasteiger partial charge on any atom is -0.382 e. The van der Waals surface area contributed by atoms with Gasteiger partial charge in [0, 0.05) is 51.0 Å². The lowest BCUT2D eigenvalue weighted by Gasteiger charge is -2.17. The van der Waals surface area contributed by atoms with Gasteiger partial charge in [0.2, 0.25) is 0 Å². The standard InChI is InChI=1S/C14H25N3O2/c1-4-6-15-8-12-9-16-7-5-14(12)17-10-13(19-3)11-18-2/h5,7,9,13,15H,4,6,8,10-11H2,1-3H3,(H,16,17). The number of pyridine rings is 1. The van der Waals surface area contributed by atoms with Crippen molar-refractivity contribution in [2.24, 2.45) is 0 Å². The number of methoxy groups -OCH3 is 2. The first kappa shape index (κ1) is 15.9. The normalized spacial score (nSPS) is 12.4. The highest BCUT2D eigenvalue weighted by atomic mass is 16.5. The number of anilines is 1. The van der Waals surface area contributed by atoms with Crippen LogP contribution in [-0.2, 0) is 16.0 Å². The second-order valence-corrected chi connectivity index (χ2v) is 4.40. The molecule has 0 amide bonds. The van der Waals surface area contributed by atoms with E-state index in [1.54, 1.807) is 20.4 Å². The van der Waals surface area contributed by atoms with Crippen LogP contribution < -0.4 is 10.6 Å². The monoisotopic (exact) mass is 267 g/mol. The van der Waals surface area contributed by atoms with Crippen LogP contribution in [0.1, 0.15) is 18.9 Å². The third kappa shape index (κ3) is 6.00. The maximum atomic E-state index is 5.33. The molecule has 0 aromatic carbocycles. The van der Waals surface area contributed by atoms with Crippen molar-refractivity contribution in [3.05, 3.63) is 24.0 Å². The average Bonchev–Trinajstić information content (AvgIpc) is 2.45. The highest BCUT2D eigenvalue weighted by molar-refractivity contribution is 5.49. The summed E-state index contributed by atoms with van der Waals surface area (Å²) in [5.41, 5.74) is 2.26. The van der Waals surface area contributed by atoms with Crippen molar-refractivity contribution in [1.82, 2.24) is 10.3 Å². The van der Waals surface area contributed by atoms with Crippen molar-refractivity contribution >= 4 is 5.69 Å². The van der Waals surface area contributed by atoms with Crippen molar-refractivity contribution in [3.8, 4) is 0 Å². The van der Waals surface area contributed by atoms with Crippen LogP contribution in [0.25, 0.3) is 0 Å². The molecule has 2 N–H and O–H groups in total. The Morgan fingerprint density at radius 3 is 2.89 bits per heavy atom. The largest absolute Gasteiger partial charge is 0.382 e. The van der Waals surface area contributed by atoms with E-state index in [1.165, 1.54) is 5.56 Å². The predicted molar refractivity (Wildman–Crippen MR) is 77.4 cm³/mol. The van der Waals surface area contributed by atoms with Gasteiger partial charge in [-0.25, -0.2) is 0 Å². The van der Waals surface area contributed by atoms with Crippen molar-refractivity contribution < 1.29 is 9.47 Å². The molecule has 0 fully saturated rings. The summed E-state index contributed by atoms with van der Waals surface area (Å²) in [4.78, 5) is 4.17. The fourth-order valence-corrected chi connectivity index (χ4v) is 1.76. The van der Waals surface area contributed by atoms with Gasteiger partial charge >= 0.3 is 0 Å². The van der Waals surface area contributed by atoms with Gasteiger partial charge < -0.3 is 20.1 Å². The van der Waals surface area contributed by atoms with Gasteiger partial charge in [0.05, 0.1) is 12.7 Å². The summed E-state index contributed by atoms with van der Waals surface area (Å²) in [7, 11) is 3.38. The Kier molecular flexibility index (Phi) is 8.13. The first-order chi connectivity index (χ1) is 9.31. The number of nitrogens with zero attached hydrogens (tertiary/aromatic N) is 1. The molecule has 0 aliphatic rings. The van der Waals surface area contributed by atoms with E-state index in [1.807, 2.05) is 12.3 Å². The highest BCUT2D eigenvalue weighted by Gasteiger charge is 2.08. The van der Waals surface area contributed by atoms with Crippen molar-refractivity contribution in [2.45, 2.75) is 26.0 Å². The summed E-state index contributed by atoms with van der Waals surface area (Å²) >= 11 is 0. The highest BCUT2D eigenvalue weighted by Crippen LogP contribution is 2.13. The molecule has 1 aromatic rings. The van der Waals surface area contributed by atoms with Crippen molar-refractivity contribution in [3.63, 3.8) is 0 Å². The summed E-state index contributed by atoms with van der Waals surface area (Å²) < 4.78 is 10.4. The van der Waals surface area contributed by atoms with E-state index in [9.17, 15) is 0 Å². The third-order valence-electron chi connectivity index (χ3n) is 2.85. The molecule has 1 atom stereocenters. The van der Waals surface area contributed by atoms with Gasteiger partial charge in [0.25, 0.3) is 0 Å². The second-order valence-electron chi connectivity index (χ2n) is 4.40. The zero-order valence-electron chi connectivity index (χ0n) is 12.1. The molecule has 0 saturated carbocycles. The molecule has 1 unspecified atom stereocenters. The van der Waals surface area contributed by atoms with Crippen LogP contribution in [0.5, 0.6) is 0 Å². The van der Waals surface area contributed by atoms with Crippen LogP contribution in [0.15, 0.2) is 18.5 Å². The van der Waals surface area contributed by atoms with Gasteiger partial charge in [-0.1, -0.05) is 6.92 Å². The fourth-order valence-electron chi connectivity index (χ4n) is 1.76. The van der Waals surface area contributed by atoms with E-state index in [0.29, 0.717) is 6.61 Å². The molecule has 19 heavy (non-hydrogen) atoms. The van der Waals surface area contributed by atoms with E-state index >= 15 is 0 Å². The zero-order chi connectivity index (χ0) is 13.9. The maximum Gasteiger partial charge on any atom is 0.0976 e. The fraction of sp³-hybridized carbons (Fsp3) is 0.643. The Hall–Kier alpha value is -1.17. The molecule has 1 aromatic heterocycles. The molecule has 0 saturated heterocycles. The number of hydrogen-bond donors (Lipinski definition) is 2. The van der Waals surface area contributed by atoms with Crippen LogP contribution in [0, 0.1) is 0 Å². The number of hydrogen-bond acceptors (Lipinski definition) is 5. The van der Waals surface area contributed by atoms with E-state index in [4.69, 9.17) is 9.47 Å². The van der Waals surface area contributed by atoms with E-state index < -0.39 is 0 Å². The predicted octanol–water partition coefficient (Wildman–Crippen LogP) is 1.65. The summed E-state index contributed by atoms with van der Waals surface area (Å²) in [5, 5.41) is 6.77. The lowest BCUT2D eigenvalue weighted by Crippen LogP contribution is -2.27. The Bertz CT molecular complexity index is 347. The quantitative estimate of drug-likeness (QED) is 0.631.